The van der Waals surface area contributed by atoms with Crippen molar-refractivity contribution in [2.75, 3.05) is 5.32 Å². The lowest BCUT2D eigenvalue weighted by molar-refractivity contribution is 0.724. The maximum Gasteiger partial charge on any atom is 0.193 e. The van der Waals surface area contributed by atoms with Crippen molar-refractivity contribution in [1.29, 1.82) is 0 Å². The molecule has 0 amide bonds. The van der Waals surface area contributed by atoms with Crippen LogP contribution in [0.4, 0.5) is 5.69 Å². The number of aliphatic imine (C=N–C) groups is 1. The van der Waals surface area contributed by atoms with Gasteiger partial charge in [0, 0.05) is 24.6 Å². The minimum absolute atomic E-state index is 0.389. The molecule has 0 bridgehead atoms. The summed E-state index contributed by atoms with van der Waals surface area (Å²) in [7, 11) is 0. The largest absolute Gasteiger partial charge is 0.370 e. The summed E-state index contributed by atoms with van der Waals surface area (Å²) in [5.74, 6) is 1.75. The van der Waals surface area contributed by atoms with Crippen LogP contribution in [0.2, 0.25) is 0 Å². The molecule has 0 unspecified atom stereocenters. The molecule has 0 aliphatic carbocycles. The first-order valence-corrected chi connectivity index (χ1v) is 8.82. The average Bonchev–Trinajstić information content (AvgIpc) is 3.08. The first-order chi connectivity index (χ1) is 12.6. The fourth-order valence-corrected chi connectivity index (χ4v) is 2.73. The van der Waals surface area contributed by atoms with Crippen LogP contribution in [-0.2, 0) is 13.1 Å². The van der Waals surface area contributed by atoms with Gasteiger partial charge in [0.15, 0.2) is 5.96 Å². The third kappa shape index (κ3) is 4.72. The van der Waals surface area contributed by atoms with Gasteiger partial charge in [-0.25, -0.2) is 9.98 Å². The molecule has 0 fully saturated rings. The molecule has 26 heavy (non-hydrogen) atoms. The van der Waals surface area contributed by atoms with Crippen molar-refractivity contribution in [3.8, 4) is 0 Å². The maximum atomic E-state index is 6.05. The van der Waals surface area contributed by atoms with Gasteiger partial charge in [0.25, 0.3) is 0 Å². The van der Waals surface area contributed by atoms with E-state index in [0.717, 1.165) is 18.1 Å². The number of aromatic nitrogens is 2. The van der Waals surface area contributed by atoms with E-state index in [4.69, 9.17) is 5.73 Å². The predicted octanol–water partition coefficient (Wildman–Crippen LogP) is 3.98. The van der Waals surface area contributed by atoms with Crippen LogP contribution in [0, 0.1) is 0 Å². The molecule has 0 atom stereocenters. The molecule has 0 saturated heterocycles. The lowest BCUT2D eigenvalue weighted by Crippen LogP contribution is -2.23. The van der Waals surface area contributed by atoms with E-state index >= 15 is 0 Å². The summed E-state index contributed by atoms with van der Waals surface area (Å²) in [6.07, 6.45) is 3.76. The Balaban J connectivity index is 1.65. The van der Waals surface area contributed by atoms with Gasteiger partial charge in [0.1, 0.15) is 12.4 Å². The van der Waals surface area contributed by atoms with Crippen molar-refractivity contribution < 1.29 is 0 Å². The van der Waals surface area contributed by atoms with Crippen molar-refractivity contribution >= 4 is 11.6 Å². The second kappa shape index (κ2) is 8.34. The smallest absolute Gasteiger partial charge is 0.193 e. The molecule has 5 heteroatoms. The molecule has 134 valence electrons. The molecule has 0 saturated carbocycles. The number of benzene rings is 2. The van der Waals surface area contributed by atoms with E-state index in [2.05, 4.69) is 58.0 Å². The molecule has 5 nitrogen and oxygen atoms in total. The van der Waals surface area contributed by atoms with Gasteiger partial charge in [-0.15, -0.1) is 0 Å². The zero-order valence-electron chi connectivity index (χ0n) is 15.3. The molecule has 1 aromatic heterocycles. The Hall–Kier alpha value is -3.08. The van der Waals surface area contributed by atoms with Crippen molar-refractivity contribution in [3.63, 3.8) is 0 Å². The molecule has 0 radical (unpaired) electrons. The number of nitrogens with one attached hydrogen (secondary N) is 1. The number of hydrogen-bond acceptors (Lipinski definition) is 2. The van der Waals surface area contributed by atoms with Crippen LogP contribution in [-0.4, -0.2) is 15.5 Å². The fourth-order valence-electron chi connectivity index (χ4n) is 2.73. The third-order valence-electron chi connectivity index (χ3n) is 4.21. The second-order valence-electron chi connectivity index (χ2n) is 6.56. The summed E-state index contributed by atoms with van der Waals surface area (Å²) >= 11 is 0. The first-order valence-electron chi connectivity index (χ1n) is 8.82. The van der Waals surface area contributed by atoms with Crippen LogP contribution in [0.5, 0.6) is 0 Å². The van der Waals surface area contributed by atoms with Gasteiger partial charge in [-0.3, -0.25) is 0 Å². The Morgan fingerprint density at radius 3 is 2.73 bits per heavy atom. The fraction of sp³-hybridized carbons (Fsp3) is 0.238. The molecular weight excluding hydrogens is 322 g/mol. The Morgan fingerprint density at radius 2 is 1.96 bits per heavy atom. The number of nitrogens with zero attached hydrogens (tertiary/aromatic N) is 3. The highest BCUT2D eigenvalue weighted by atomic mass is 15.1. The molecule has 3 N–H and O–H groups in total. The Labute approximate surface area is 154 Å². The summed E-state index contributed by atoms with van der Waals surface area (Å²) in [5.41, 5.74) is 9.50. The number of anilines is 1. The van der Waals surface area contributed by atoms with Crippen LogP contribution < -0.4 is 11.1 Å². The topological polar surface area (TPSA) is 68.2 Å². The zero-order chi connectivity index (χ0) is 18.4. The summed E-state index contributed by atoms with van der Waals surface area (Å²) in [5, 5.41) is 3.16. The molecule has 1 heterocycles. The first kappa shape index (κ1) is 17.7. The predicted molar refractivity (Wildman–Crippen MR) is 107 cm³/mol. The van der Waals surface area contributed by atoms with Gasteiger partial charge >= 0.3 is 0 Å². The quantitative estimate of drug-likeness (QED) is 0.523. The van der Waals surface area contributed by atoms with Gasteiger partial charge < -0.3 is 15.6 Å². The molecule has 3 rings (SSSR count). The van der Waals surface area contributed by atoms with E-state index < -0.39 is 0 Å². The SMILES string of the molecule is CC(C)c1cccc(NC(N)=NCc2nccn2Cc2ccccc2)c1. The average molecular weight is 347 g/mol. The zero-order valence-corrected chi connectivity index (χ0v) is 15.3. The molecular formula is C21H25N5. The van der Waals surface area contributed by atoms with E-state index in [9.17, 15) is 0 Å². The van der Waals surface area contributed by atoms with E-state index in [1.54, 1.807) is 6.20 Å². The van der Waals surface area contributed by atoms with Crippen LogP contribution in [0.25, 0.3) is 0 Å². The molecule has 2 aromatic carbocycles. The van der Waals surface area contributed by atoms with Crippen molar-refractivity contribution in [2.24, 2.45) is 10.7 Å². The number of rotatable bonds is 6. The molecule has 0 aliphatic heterocycles. The van der Waals surface area contributed by atoms with E-state index in [1.807, 2.05) is 36.5 Å². The second-order valence-corrected chi connectivity index (χ2v) is 6.56. The van der Waals surface area contributed by atoms with Gasteiger partial charge in [-0.05, 0) is 29.2 Å². The number of guanidine groups is 1. The minimum atomic E-state index is 0.389. The van der Waals surface area contributed by atoms with Gasteiger partial charge in [0.05, 0.1) is 0 Å². The minimum Gasteiger partial charge on any atom is -0.370 e. The lowest BCUT2D eigenvalue weighted by atomic mass is 10.0. The Morgan fingerprint density at radius 1 is 1.15 bits per heavy atom. The molecule has 0 spiro atoms. The third-order valence-corrected chi connectivity index (χ3v) is 4.21. The highest BCUT2D eigenvalue weighted by Gasteiger charge is 2.04. The normalized spacial score (nSPS) is 11.7. The summed E-state index contributed by atoms with van der Waals surface area (Å²) in [6.45, 7) is 5.55. The van der Waals surface area contributed by atoms with E-state index in [1.165, 1.54) is 11.1 Å². The van der Waals surface area contributed by atoms with Crippen molar-refractivity contribution in [1.82, 2.24) is 9.55 Å². The van der Waals surface area contributed by atoms with Crippen LogP contribution >= 0.6 is 0 Å². The Bertz CT molecular complexity index is 865. The Kier molecular flexibility index (Phi) is 5.69. The van der Waals surface area contributed by atoms with Crippen molar-refractivity contribution in [2.45, 2.75) is 32.9 Å². The van der Waals surface area contributed by atoms with Crippen LogP contribution in [0.3, 0.4) is 0 Å². The molecule has 0 aliphatic rings. The van der Waals surface area contributed by atoms with Gasteiger partial charge in [0.2, 0.25) is 0 Å². The standard InChI is InChI=1S/C21H25N5/c1-16(2)18-9-6-10-19(13-18)25-21(22)24-14-20-23-11-12-26(20)15-17-7-4-3-5-8-17/h3-13,16H,14-15H2,1-2H3,(H3,22,24,25). The van der Waals surface area contributed by atoms with Crippen molar-refractivity contribution in [3.05, 3.63) is 83.9 Å². The van der Waals surface area contributed by atoms with E-state index in [-0.39, 0.29) is 0 Å². The van der Waals surface area contributed by atoms with Crippen LogP contribution in [0.1, 0.15) is 36.7 Å². The molecule has 3 aromatic rings. The van der Waals surface area contributed by atoms with Gasteiger partial charge in [-0.1, -0.05) is 56.3 Å². The number of nitrogens with two attached hydrogens (primary N) is 1. The number of hydrogen-bond donors (Lipinski definition) is 2. The number of imidazole rings is 1. The highest BCUT2D eigenvalue weighted by molar-refractivity contribution is 5.92. The summed E-state index contributed by atoms with van der Waals surface area (Å²) in [4.78, 5) is 8.84. The summed E-state index contributed by atoms with van der Waals surface area (Å²) < 4.78 is 2.09. The highest BCUT2D eigenvalue weighted by Crippen LogP contribution is 2.18. The van der Waals surface area contributed by atoms with Crippen LogP contribution in [0.15, 0.2) is 72.0 Å². The summed E-state index contributed by atoms with van der Waals surface area (Å²) in [6, 6.07) is 18.5. The van der Waals surface area contributed by atoms with Gasteiger partial charge in [-0.2, -0.15) is 0 Å². The monoisotopic (exact) mass is 347 g/mol. The maximum absolute atomic E-state index is 6.05. The lowest BCUT2D eigenvalue weighted by Gasteiger charge is -2.10. The van der Waals surface area contributed by atoms with E-state index in [0.29, 0.717) is 18.4 Å².